The molecular weight excluding hydrogens is 364 g/mol. The molecular formula is C23H34N4O2. The molecule has 0 bridgehead atoms. The lowest BCUT2D eigenvalue weighted by atomic mass is 9.88. The van der Waals surface area contributed by atoms with Crippen LogP contribution in [0.1, 0.15) is 63.3 Å². The van der Waals surface area contributed by atoms with Gasteiger partial charge in [-0.15, -0.1) is 0 Å². The van der Waals surface area contributed by atoms with Gasteiger partial charge in [0.25, 0.3) is 5.91 Å². The van der Waals surface area contributed by atoms with Crippen molar-refractivity contribution in [3.05, 3.63) is 35.7 Å². The van der Waals surface area contributed by atoms with Gasteiger partial charge in [-0.2, -0.15) is 0 Å². The average Bonchev–Trinajstić information content (AvgIpc) is 3.02. The van der Waals surface area contributed by atoms with E-state index in [2.05, 4.69) is 43.5 Å². The smallest absolute Gasteiger partial charge is 0.267 e. The molecule has 29 heavy (non-hydrogen) atoms. The van der Waals surface area contributed by atoms with Crippen LogP contribution in [0.15, 0.2) is 24.3 Å². The van der Waals surface area contributed by atoms with Gasteiger partial charge in [-0.1, -0.05) is 39.2 Å². The highest BCUT2D eigenvalue weighted by Crippen LogP contribution is 2.35. The molecule has 1 heterocycles. The summed E-state index contributed by atoms with van der Waals surface area (Å²) >= 11 is 0. The summed E-state index contributed by atoms with van der Waals surface area (Å²) in [6, 6.07) is 6.14. The van der Waals surface area contributed by atoms with Crippen LogP contribution in [-0.2, 0) is 11.3 Å². The summed E-state index contributed by atoms with van der Waals surface area (Å²) < 4.78 is 2.43. The summed E-state index contributed by atoms with van der Waals surface area (Å²) in [7, 11) is 4.24. The van der Waals surface area contributed by atoms with Gasteiger partial charge in [-0.05, 0) is 56.1 Å². The molecule has 1 aliphatic carbocycles. The molecule has 0 saturated heterocycles. The SMILES string of the molecule is CN(C)CC(C)(C)Cn1c(C2CCCCC2)nc2cc(/C=C/C(=O)NO)ccc21. The highest BCUT2D eigenvalue weighted by atomic mass is 16.5. The predicted octanol–water partition coefficient (Wildman–Crippen LogP) is 4.19. The van der Waals surface area contributed by atoms with Gasteiger partial charge in [0.1, 0.15) is 5.82 Å². The number of carbonyl (C=O) groups excluding carboxylic acids is 1. The Morgan fingerprint density at radius 2 is 2.03 bits per heavy atom. The van der Waals surface area contributed by atoms with Crippen molar-refractivity contribution >= 4 is 23.0 Å². The van der Waals surface area contributed by atoms with Crippen LogP contribution in [0, 0.1) is 5.41 Å². The molecule has 1 aromatic carbocycles. The lowest BCUT2D eigenvalue weighted by Crippen LogP contribution is -2.33. The number of nitrogens with one attached hydrogen (secondary N) is 1. The molecule has 1 aromatic heterocycles. The molecule has 6 heteroatoms. The van der Waals surface area contributed by atoms with Crippen LogP contribution >= 0.6 is 0 Å². The van der Waals surface area contributed by atoms with Crippen molar-refractivity contribution in [1.29, 1.82) is 0 Å². The second-order valence-electron chi connectivity index (χ2n) is 9.35. The largest absolute Gasteiger partial charge is 0.327 e. The molecule has 1 saturated carbocycles. The average molecular weight is 399 g/mol. The first-order valence-corrected chi connectivity index (χ1v) is 10.6. The Bertz CT molecular complexity index is 876. The molecule has 2 aromatic rings. The molecule has 158 valence electrons. The first kappa shape index (κ1) is 21.5. The van der Waals surface area contributed by atoms with Gasteiger partial charge in [0.15, 0.2) is 0 Å². The molecule has 6 nitrogen and oxygen atoms in total. The fourth-order valence-electron chi connectivity index (χ4n) is 4.65. The van der Waals surface area contributed by atoms with E-state index < -0.39 is 5.91 Å². The highest BCUT2D eigenvalue weighted by molar-refractivity contribution is 5.91. The number of benzene rings is 1. The second-order valence-corrected chi connectivity index (χ2v) is 9.35. The quantitative estimate of drug-likeness (QED) is 0.417. The minimum absolute atomic E-state index is 0.123. The molecule has 0 unspecified atom stereocenters. The molecule has 2 N–H and O–H groups in total. The topological polar surface area (TPSA) is 70.4 Å². The van der Waals surface area contributed by atoms with Crippen LogP contribution in [0.2, 0.25) is 0 Å². The molecule has 1 amide bonds. The van der Waals surface area contributed by atoms with Crippen molar-refractivity contribution in [3.8, 4) is 0 Å². The van der Waals surface area contributed by atoms with Gasteiger partial charge in [0.2, 0.25) is 0 Å². The van der Waals surface area contributed by atoms with E-state index in [1.807, 2.05) is 12.1 Å². The number of imidazole rings is 1. The van der Waals surface area contributed by atoms with Gasteiger partial charge in [0, 0.05) is 25.1 Å². The fourth-order valence-corrected chi connectivity index (χ4v) is 4.65. The lowest BCUT2D eigenvalue weighted by Gasteiger charge is -2.31. The third-order valence-corrected chi connectivity index (χ3v) is 5.64. The zero-order chi connectivity index (χ0) is 21.0. The van der Waals surface area contributed by atoms with Crippen molar-refractivity contribution in [2.75, 3.05) is 20.6 Å². The number of carbonyl (C=O) groups is 1. The number of hydrogen-bond acceptors (Lipinski definition) is 4. The Hall–Kier alpha value is -2.18. The zero-order valence-corrected chi connectivity index (χ0v) is 18.1. The number of fused-ring (bicyclic) bond motifs is 1. The fraction of sp³-hybridized carbons (Fsp3) is 0.565. The first-order chi connectivity index (χ1) is 13.8. The Balaban J connectivity index is 2.00. The standard InChI is InChI=1S/C23H34N4O2/c1-23(2,15-26(3)4)16-27-20-12-10-17(11-13-21(28)25-29)14-19(20)24-22(27)18-8-6-5-7-9-18/h10-14,18,29H,5-9,15-16H2,1-4H3,(H,25,28)/b13-11+. The summed E-state index contributed by atoms with van der Waals surface area (Å²) in [5.74, 6) is 1.19. The van der Waals surface area contributed by atoms with Crippen LogP contribution < -0.4 is 5.48 Å². The lowest BCUT2D eigenvalue weighted by molar-refractivity contribution is -0.124. The third kappa shape index (κ3) is 5.46. The maximum absolute atomic E-state index is 11.3. The molecule has 0 spiro atoms. The minimum atomic E-state index is -0.538. The Morgan fingerprint density at radius 1 is 1.31 bits per heavy atom. The molecule has 0 radical (unpaired) electrons. The number of nitrogens with zero attached hydrogens (tertiary/aromatic N) is 3. The number of hydroxylamine groups is 1. The molecule has 1 fully saturated rings. The van der Waals surface area contributed by atoms with Gasteiger partial charge < -0.3 is 9.47 Å². The number of aromatic nitrogens is 2. The summed E-state index contributed by atoms with van der Waals surface area (Å²) in [6.07, 6.45) is 9.31. The van der Waals surface area contributed by atoms with E-state index in [1.165, 1.54) is 44.0 Å². The Morgan fingerprint density at radius 3 is 2.69 bits per heavy atom. The van der Waals surface area contributed by atoms with Crippen LogP contribution in [-0.4, -0.2) is 46.2 Å². The van der Waals surface area contributed by atoms with Crippen LogP contribution in [0.25, 0.3) is 17.1 Å². The van der Waals surface area contributed by atoms with Crippen molar-refractivity contribution in [3.63, 3.8) is 0 Å². The van der Waals surface area contributed by atoms with E-state index in [1.54, 1.807) is 11.6 Å². The number of amides is 1. The summed E-state index contributed by atoms with van der Waals surface area (Å²) in [4.78, 5) is 18.6. The van der Waals surface area contributed by atoms with Crippen molar-refractivity contribution < 1.29 is 10.0 Å². The minimum Gasteiger partial charge on any atom is -0.327 e. The summed E-state index contributed by atoms with van der Waals surface area (Å²) in [5.41, 5.74) is 4.76. The van der Waals surface area contributed by atoms with E-state index in [0.29, 0.717) is 5.92 Å². The van der Waals surface area contributed by atoms with Gasteiger partial charge >= 0.3 is 0 Å². The predicted molar refractivity (Wildman–Crippen MR) is 117 cm³/mol. The third-order valence-electron chi connectivity index (χ3n) is 5.64. The molecule has 0 atom stereocenters. The Labute approximate surface area is 173 Å². The van der Waals surface area contributed by atoms with Crippen LogP contribution in [0.4, 0.5) is 0 Å². The maximum Gasteiger partial charge on any atom is 0.267 e. The van der Waals surface area contributed by atoms with Crippen molar-refractivity contribution in [1.82, 2.24) is 19.9 Å². The number of rotatable bonds is 7. The van der Waals surface area contributed by atoms with E-state index in [0.717, 1.165) is 29.7 Å². The molecule has 0 aliphatic heterocycles. The van der Waals surface area contributed by atoms with Crippen LogP contribution in [0.5, 0.6) is 0 Å². The molecule has 1 aliphatic rings. The van der Waals surface area contributed by atoms with Crippen molar-refractivity contribution in [2.45, 2.75) is 58.4 Å². The normalized spacial score (nSPS) is 16.2. The van der Waals surface area contributed by atoms with Crippen molar-refractivity contribution in [2.24, 2.45) is 5.41 Å². The van der Waals surface area contributed by atoms with Gasteiger partial charge in [-0.3, -0.25) is 10.0 Å². The van der Waals surface area contributed by atoms with E-state index in [-0.39, 0.29) is 5.41 Å². The summed E-state index contributed by atoms with van der Waals surface area (Å²) in [6.45, 7) is 6.56. The maximum atomic E-state index is 11.3. The Kier molecular flexibility index (Phi) is 6.75. The summed E-state index contributed by atoms with van der Waals surface area (Å²) in [5, 5.41) is 8.67. The van der Waals surface area contributed by atoms with E-state index >= 15 is 0 Å². The van der Waals surface area contributed by atoms with Crippen LogP contribution in [0.3, 0.4) is 0 Å². The van der Waals surface area contributed by atoms with Gasteiger partial charge in [-0.25, -0.2) is 10.5 Å². The molecule has 3 rings (SSSR count). The van der Waals surface area contributed by atoms with E-state index in [4.69, 9.17) is 10.2 Å². The zero-order valence-electron chi connectivity index (χ0n) is 18.1. The second kappa shape index (κ2) is 9.09. The van der Waals surface area contributed by atoms with Gasteiger partial charge in [0.05, 0.1) is 11.0 Å². The first-order valence-electron chi connectivity index (χ1n) is 10.6. The monoisotopic (exact) mass is 398 g/mol. The van der Waals surface area contributed by atoms with E-state index in [9.17, 15) is 4.79 Å². The number of hydrogen-bond donors (Lipinski definition) is 2. The highest BCUT2D eigenvalue weighted by Gasteiger charge is 2.27.